The van der Waals surface area contributed by atoms with Crippen LogP contribution in [0.15, 0.2) is 46.8 Å². The van der Waals surface area contributed by atoms with Gasteiger partial charge in [0.25, 0.3) is 11.5 Å². The van der Waals surface area contributed by atoms with Crippen molar-refractivity contribution in [3.63, 3.8) is 0 Å². The predicted octanol–water partition coefficient (Wildman–Crippen LogP) is 2.70. The topological polar surface area (TPSA) is 67.2 Å². The Labute approximate surface area is 184 Å². The number of pyridine rings is 1. The Bertz CT molecular complexity index is 1120. The molecule has 0 saturated carbocycles. The van der Waals surface area contributed by atoms with Crippen molar-refractivity contribution >= 4 is 51.7 Å². The number of hydrogen-bond acceptors (Lipinski definition) is 7. The van der Waals surface area contributed by atoms with Crippen LogP contribution in [0.5, 0.6) is 0 Å². The van der Waals surface area contributed by atoms with Crippen LogP contribution >= 0.6 is 24.0 Å². The van der Waals surface area contributed by atoms with Gasteiger partial charge in [-0.05, 0) is 32.1 Å². The number of amides is 1. The Hall–Kier alpha value is -2.49. The van der Waals surface area contributed by atoms with E-state index in [0.29, 0.717) is 45.9 Å². The molecule has 30 heavy (non-hydrogen) atoms. The van der Waals surface area contributed by atoms with Gasteiger partial charge in [-0.1, -0.05) is 36.1 Å². The van der Waals surface area contributed by atoms with E-state index in [2.05, 4.69) is 11.5 Å². The number of hydrogen-bond donors (Lipinski definition) is 0. The molecule has 0 radical (unpaired) electrons. The van der Waals surface area contributed by atoms with E-state index >= 15 is 0 Å². The quantitative estimate of drug-likeness (QED) is 0.410. The lowest BCUT2D eigenvalue weighted by Gasteiger charge is -2.36. The van der Waals surface area contributed by atoms with Crippen molar-refractivity contribution in [2.75, 3.05) is 24.5 Å². The van der Waals surface area contributed by atoms with Gasteiger partial charge < -0.3 is 9.64 Å². The van der Waals surface area contributed by atoms with Crippen molar-refractivity contribution in [3.8, 4) is 0 Å². The number of anilines is 1. The standard InChI is InChI=1S/C21H22N4O3S2/c1-4-8-25-20(27)16(30-21(25)29)10-15-18(23-11-13(2)28-14(3)12-23)22-17-7-5-6-9-24(17)19(15)26/h4-7,9-10,13-14H,1,8,11-12H2,2-3H3. The number of thioether (sulfide) groups is 1. The highest BCUT2D eigenvalue weighted by atomic mass is 32.2. The molecular formula is C21H22N4O3S2. The average molecular weight is 443 g/mol. The minimum Gasteiger partial charge on any atom is -0.372 e. The van der Waals surface area contributed by atoms with E-state index in [1.807, 2.05) is 19.9 Å². The number of ether oxygens (including phenoxy) is 1. The molecule has 0 bridgehead atoms. The molecule has 0 aromatic carbocycles. The molecule has 1 amide bonds. The maximum absolute atomic E-state index is 13.4. The number of morpholine rings is 1. The summed E-state index contributed by atoms with van der Waals surface area (Å²) in [6, 6.07) is 5.42. The fourth-order valence-corrected chi connectivity index (χ4v) is 4.98. The number of nitrogens with zero attached hydrogens (tertiary/aromatic N) is 4. The molecule has 2 atom stereocenters. The lowest BCUT2D eigenvalue weighted by Crippen LogP contribution is -2.46. The first-order valence-corrected chi connectivity index (χ1v) is 10.9. The zero-order valence-corrected chi connectivity index (χ0v) is 18.4. The highest BCUT2D eigenvalue weighted by Crippen LogP contribution is 2.33. The summed E-state index contributed by atoms with van der Waals surface area (Å²) in [6.07, 6.45) is 4.94. The van der Waals surface area contributed by atoms with Crippen LogP contribution in [0, 0.1) is 0 Å². The molecule has 2 aromatic rings. The lowest BCUT2D eigenvalue weighted by atomic mass is 10.2. The van der Waals surface area contributed by atoms with Gasteiger partial charge in [-0.15, -0.1) is 6.58 Å². The predicted molar refractivity (Wildman–Crippen MR) is 124 cm³/mol. The van der Waals surface area contributed by atoms with E-state index in [0.717, 1.165) is 0 Å². The fraction of sp³-hybridized carbons (Fsp3) is 0.333. The van der Waals surface area contributed by atoms with Crippen LogP contribution in [-0.4, -0.2) is 56.4 Å². The van der Waals surface area contributed by atoms with E-state index < -0.39 is 0 Å². The summed E-state index contributed by atoms with van der Waals surface area (Å²) < 4.78 is 7.79. The minimum absolute atomic E-state index is 0.00317. The van der Waals surface area contributed by atoms with Crippen molar-refractivity contribution in [3.05, 3.63) is 57.9 Å². The molecule has 7 nitrogen and oxygen atoms in total. The van der Waals surface area contributed by atoms with Crippen LogP contribution in [0.2, 0.25) is 0 Å². The first kappa shape index (κ1) is 20.8. The van der Waals surface area contributed by atoms with E-state index in [4.69, 9.17) is 21.9 Å². The van der Waals surface area contributed by atoms with E-state index in [1.165, 1.54) is 21.1 Å². The van der Waals surface area contributed by atoms with Crippen molar-refractivity contribution < 1.29 is 9.53 Å². The molecule has 0 spiro atoms. The summed E-state index contributed by atoms with van der Waals surface area (Å²) in [4.78, 5) is 34.9. The second-order valence-corrected chi connectivity index (χ2v) is 9.00. The number of carbonyl (C=O) groups excluding carboxylic acids is 1. The van der Waals surface area contributed by atoms with Crippen molar-refractivity contribution in [2.24, 2.45) is 0 Å². The summed E-state index contributed by atoms with van der Waals surface area (Å²) in [5.41, 5.74) is 0.705. The van der Waals surface area contributed by atoms with Crippen molar-refractivity contribution in [1.29, 1.82) is 0 Å². The van der Waals surface area contributed by atoms with Crippen LogP contribution in [0.25, 0.3) is 11.7 Å². The van der Waals surface area contributed by atoms with E-state index in [1.54, 1.807) is 30.5 Å². The summed E-state index contributed by atoms with van der Waals surface area (Å²) in [7, 11) is 0. The van der Waals surface area contributed by atoms with E-state index in [9.17, 15) is 9.59 Å². The summed E-state index contributed by atoms with van der Waals surface area (Å²) in [6.45, 7) is 9.22. The smallest absolute Gasteiger partial charge is 0.267 e. The van der Waals surface area contributed by atoms with Gasteiger partial charge in [0.1, 0.15) is 15.8 Å². The molecule has 0 aliphatic carbocycles. The molecule has 2 saturated heterocycles. The van der Waals surface area contributed by atoms with Gasteiger partial charge in [-0.25, -0.2) is 4.98 Å². The Balaban J connectivity index is 1.87. The highest BCUT2D eigenvalue weighted by Gasteiger charge is 2.33. The molecule has 4 rings (SSSR count). The maximum atomic E-state index is 13.4. The Kier molecular flexibility index (Phi) is 5.77. The summed E-state index contributed by atoms with van der Waals surface area (Å²) in [5, 5.41) is 0. The van der Waals surface area contributed by atoms with Gasteiger partial charge >= 0.3 is 0 Å². The number of aromatic nitrogens is 2. The molecule has 156 valence electrons. The van der Waals surface area contributed by atoms with Gasteiger partial charge in [-0.3, -0.25) is 18.9 Å². The Morgan fingerprint density at radius 3 is 2.73 bits per heavy atom. The minimum atomic E-state index is -0.226. The molecule has 2 aliphatic heterocycles. The molecule has 0 N–H and O–H groups in total. The highest BCUT2D eigenvalue weighted by molar-refractivity contribution is 8.26. The van der Waals surface area contributed by atoms with Crippen LogP contribution in [0.1, 0.15) is 19.4 Å². The average Bonchev–Trinajstić information content (AvgIpc) is 2.97. The number of rotatable bonds is 4. The van der Waals surface area contributed by atoms with Gasteiger partial charge in [0.2, 0.25) is 0 Å². The number of fused-ring (bicyclic) bond motifs is 1. The summed E-state index contributed by atoms with van der Waals surface area (Å²) >= 11 is 6.52. The van der Waals surface area contributed by atoms with Crippen LogP contribution in [0.3, 0.4) is 0 Å². The van der Waals surface area contributed by atoms with Crippen LogP contribution in [0.4, 0.5) is 5.82 Å². The number of carbonyl (C=O) groups is 1. The maximum Gasteiger partial charge on any atom is 0.267 e. The van der Waals surface area contributed by atoms with Crippen molar-refractivity contribution in [1.82, 2.24) is 14.3 Å². The van der Waals surface area contributed by atoms with Gasteiger partial charge in [0.05, 0.1) is 22.7 Å². The zero-order chi connectivity index (χ0) is 21.4. The SMILES string of the molecule is C=CCN1C(=O)C(=Cc2c(N3CC(C)OC(C)C3)nc3ccccn3c2=O)SC1=S. The van der Waals surface area contributed by atoms with Crippen LogP contribution in [-0.2, 0) is 9.53 Å². The largest absolute Gasteiger partial charge is 0.372 e. The molecule has 2 aromatic heterocycles. The molecule has 2 aliphatic rings. The summed E-state index contributed by atoms with van der Waals surface area (Å²) in [5.74, 6) is 0.333. The van der Waals surface area contributed by atoms with E-state index in [-0.39, 0.29) is 23.7 Å². The lowest BCUT2D eigenvalue weighted by molar-refractivity contribution is -0.121. The monoisotopic (exact) mass is 442 g/mol. The second-order valence-electron chi connectivity index (χ2n) is 7.33. The number of thiocarbonyl (C=S) groups is 1. The van der Waals surface area contributed by atoms with Gasteiger partial charge in [0.15, 0.2) is 0 Å². The fourth-order valence-electron chi connectivity index (χ4n) is 3.73. The third kappa shape index (κ3) is 3.80. The zero-order valence-electron chi connectivity index (χ0n) is 16.8. The second kappa shape index (κ2) is 8.33. The van der Waals surface area contributed by atoms with Gasteiger partial charge in [0, 0.05) is 25.8 Å². The van der Waals surface area contributed by atoms with Crippen molar-refractivity contribution in [2.45, 2.75) is 26.1 Å². The first-order valence-electron chi connectivity index (χ1n) is 9.67. The Morgan fingerprint density at radius 2 is 2.03 bits per heavy atom. The molecule has 2 fully saturated rings. The third-order valence-corrected chi connectivity index (χ3v) is 6.31. The van der Waals surface area contributed by atoms with Crippen LogP contribution < -0.4 is 10.5 Å². The molecule has 9 heteroatoms. The molecular weight excluding hydrogens is 420 g/mol. The third-order valence-electron chi connectivity index (χ3n) is 4.93. The molecule has 4 heterocycles. The van der Waals surface area contributed by atoms with Gasteiger partial charge in [-0.2, -0.15) is 0 Å². The normalized spacial score (nSPS) is 23.6. The molecule has 2 unspecified atom stereocenters. The Morgan fingerprint density at radius 1 is 1.30 bits per heavy atom. The first-order chi connectivity index (χ1) is 14.4.